The van der Waals surface area contributed by atoms with E-state index in [0.717, 1.165) is 6.42 Å². The Bertz CT molecular complexity index is 414. The highest BCUT2D eigenvalue weighted by molar-refractivity contribution is 6.18. The van der Waals surface area contributed by atoms with Crippen molar-refractivity contribution in [1.82, 2.24) is 5.32 Å². The van der Waals surface area contributed by atoms with Crippen LogP contribution in [0.25, 0.3) is 0 Å². The third-order valence-electron chi connectivity index (χ3n) is 3.04. The van der Waals surface area contributed by atoms with E-state index in [9.17, 15) is 9.90 Å². The molecule has 1 rings (SSSR count). The van der Waals surface area contributed by atoms with E-state index in [1.807, 2.05) is 13.8 Å². The molecule has 1 atom stereocenters. The molecule has 17 heavy (non-hydrogen) atoms. The lowest BCUT2D eigenvalue weighted by Crippen LogP contribution is -2.47. The fraction of sp³-hybridized carbons (Fsp3) is 0.462. The Hall–Kier alpha value is -1.22. The van der Waals surface area contributed by atoms with Gasteiger partial charge in [-0.1, -0.05) is 13.0 Å². The monoisotopic (exact) mass is 255 g/mol. The molecule has 0 spiro atoms. The van der Waals surface area contributed by atoms with Gasteiger partial charge in [-0.3, -0.25) is 4.79 Å². The van der Waals surface area contributed by atoms with Gasteiger partial charge in [0.1, 0.15) is 5.75 Å². The van der Waals surface area contributed by atoms with Crippen molar-refractivity contribution < 1.29 is 9.90 Å². The smallest absolute Gasteiger partial charge is 0.252 e. The van der Waals surface area contributed by atoms with Crippen LogP contribution in [0.1, 0.15) is 36.2 Å². The van der Waals surface area contributed by atoms with Gasteiger partial charge in [0.2, 0.25) is 0 Å². The quantitative estimate of drug-likeness (QED) is 0.813. The third kappa shape index (κ3) is 3.13. The van der Waals surface area contributed by atoms with E-state index in [-0.39, 0.29) is 11.7 Å². The molecule has 0 aliphatic carbocycles. The number of aromatic hydroxyl groups is 1. The Morgan fingerprint density at radius 3 is 2.71 bits per heavy atom. The first kappa shape index (κ1) is 13.8. The van der Waals surface area contributed by atoms with Gasteiger partial charge < -0.3 is 10.4 Å². The molecule has 0 saturated carbocycles. The van der Waals surface area contributed by atoms with Gasteiger partial charge in [-0.05, 0) is 32.4 Å². The molecule has 2 N–H and O–H groups in total. The number of alkyl halides is 1. The third-order valence-corrected chi connectivity index (χ3v) is 3.63. The zero-order valence-electron chi connectivity index (χ0n) is 10.4. The van der Waals surface area contributed by atoms with Crippen LogP contribution < -0.4 is 5.32 Å². The van der Waals surface area contributed by atoms with Crippen LogP contribution in [-0.4, -0.2) is 22.4 Å². The van der Waals surface area contributed by atoms with E-state index in [0.29, 0.717) is 17.0 Å². The van der Waals surface area contributed by atoms with Crippen LogP contribution in [-0.2, 0) is 0 Å². The molecular weight excluding hydrogens is 238 g/mol. The van der Waals surface area contributed by atoms with Crippen molar-refractivity contribution >= 4 is 17.5 Å². The summed E-state index contributed by atoms with van der Waals surface area (Å²) in [4.78, 5) is 12.1. The predicted octanol–water partition coefficient (Wildman–Crippen LogP) is 2.84. The molecule has 0 bridgehead atoms. The number of phenolic OH excluding ortho intramolecular Hbond substituents is 1. The molecule has 1 amide bonds. The molecule has 94 valence electrons. The van der Waals surface area contributed by atoms with Crippen LogP contribution in [0.2, 0.25) is 0 Å². The molecule has 0 radical (unpaired) electrons. The van der Waals surface area contributed by atoms with Crippen LogP contribution in [0.4, 0.5) is 0 Å². The second-order valence-corrected chi connectivity index (χ2v) is 4.72. The van der Waals surface area contributed by atoms with Crippen LogP contribution in [0.15, 0.2) is 18.2 Å². The molecule has 3 nitrogen and oxygen atoms in total. The topological polar surface area (TPSA) is 49.3 Å². The van der Waals surface area contributed by atoms with E-state index >= 15 is 0 Å². The van der Waals surface area contributed by atoms with E-state index in [1.54, 1.807) is 25.1 Å². The zero-order valence-corrected chi connectivity index (χ0v) is 11.1. The molecule has 1 aromatic carbocycles. The number of amides is 1. The molecule has 0 fully saturated rings. The van der Waals surface area contributed by atoms with Gasteiger partial charge in [0, 0.05) is 17.0 Å². The molecule has 1 unspecified atom stereocenters. The number of rotatable bonds is 4. The van der Waals surface area contributed by atoms with Crippen LogP contribution in [0.3, 0.4) is 0 Å². The van der Waals surface area contributed by atoms with Crippen molar-refractivity contribution in [2.45, 2.75) is 32.7 Å². The highest BCUT2D eigenvalue weighted by Gasteiger charge is 2.24. The zero-order chi connectivity index (χ0) is 13.1. The fourth-order valence-electron chi connectivity index (χ4n) is 1.43. The Morgan fingerprint density at radius 2 is 2.18 bits per heavy atom. The normalized spacial score (nSPS) is 14.1. The molecular formula is C13H18ClNO2. The van der Waals surface area contributed by atoms with Gasteiger partial charge >= 0.3 is 0 Å². The minimum Gasteiger partial charge on any atom is -0.508 e. The van der Waals surface area contributed by atoms with Gasteiger partial charge in [-0.2, -0.15) is 0 Å². The number of hydrogen-bond donors (Lipinski definition) is 2. The van der Waals surface area contributed by atoms with Crippen LogP contribution in [0, 0.1) is 6.92 Å². The standard InChI is InChI=1S/C13H18ClNO2/c1-4-13(3,8-14)15-12(17)10-6-5-7-11(16)9(10)2/h5-7,16H,4,8H2,1-3H3,(H,15,17). The Morgan fingerprint density at radius 1 is 1.53 bits per heavy atom. The van der Waals surface area contributed by atoms with E-state index in [2.05, 4.69) is 5.32 Å². The lowest BCUT2D eigenvalue weighted by atomic mass is 10.00. The summed E-state index contributed by atoms with van der Waals surface area (Å²) in [5, 5.41) is 12.5. The van der Waals surface area contributed by atoms with Gasteiger partial charge in [0.05, 0.1) is 5.54 Å². The number of hydrogen-bond acceptors (Lipinski definition) is 2. The van der Waals surface area contributed by atoms with Crippen LogP contribution >= 0.6 is 11.6 Å². The number of benzene rings is 1. The maximum Gasteiger partial charge on any atom is 0.252 e. The Kier molecular flexibility index (Phi) is 4.40. The summed E-state index contributed by atoms with van der Waals surface area (Å²) < 4.78 is 0. The van der Waals surface area contributed by atoms with Crippen molar-refractivity contribution in [3.8, 4) is 5.75 Å². The fourth-order valence-corrected chi connectivity index (χ4v) is 1.68. The summed E-state index contributed by atoms with van der Waals surface area (Å²) in [6, 6.07) is 4.91. The van der Waals surface area contributed by atoms with E-state index < -0.39 is 5.54 Å². The first-order valence-corrected chi connectivity index (χ1v) is 6.14. The Labute approximate surface area is 107 Å². The second kappa shape index (κ2) is 5.41. The van der Waals surface area contributed by atoms with Crippen molar-refractivity contribution in [2.75, 3.05) is 5.88 Å². The van der Waals surface area contributed by atoms with Gasteiger partial charge in [-0.15, -0.1) is 11.6 Å². The number of phenols is 1. The predicted molar refractivity (Wildman–Crippen MR) is 69.7 cm³/mol. The average molecular weight is 256 g/mol. The minimum absolute atomic E-state index is 0.127. The van der Waals surface area contributed by atoms with E-state index in [1.165, 1.54) is 0 Å². The van der Waals surface area contributed by atoms with Crippen LogP contribution in [0.5, 0.6) is 5.75 Å². The summed E-state index contributed by atoms with van der Waals surface area (Å²) in [5.74, 6) is 0.276. The maximum absolute atomic E-state index is 12.1. The van der Waals surface area contributed by atoms with Gasteiger partial charge in [0.15, 0.2) is 0 Å². The number of carbonyl (C=O) groups excluding carboxylic acids is 1. The highest BCUT2D eigenvalue weighted by atomic mass is 35.5. The first-order chi connectivity index (χ1) is 7.93. The molecule has 0 heterocycles. The summed E-state index contributed by atoms with van der Waals surface area (Å²) in [6.45, 7) is 5.59. The van der Waals surface area contributed by atoms with Gasteiger partial charge in [0.25, 0.3) is 5.91 Å². The van der Waals surface area contributed by atoms with Gasteiger partial charge in [-0.25, -0.2) is 0 Å². The minimum atomic E-state index is -0.420. The highest BCUT2D eigenvalue weighted by Crippen LogP contribution is 2.20. The first-order valence-electron chi connectivity index (χ1n) is 5.60. The SMILES string of the molecule is CCC(C)(CCl)NC(=O)c1cccc(O)c1C. The molecule has 0 aliphatic heterocycles. The van der Waals surface area contributed by atoms with E-state index in [4.69, 9.17) is 11.6 Å². The van der Waals surface area contributed by atoms with Crippen molar-refractivity contribution in [2.24, 2.45) is 0 Å². The second-order valence-electron chi connectivity index (χ2n) is 4.45. The summed E-state index contributed by atoms with van der Waals surface area (Å²) >= 11 is 5.85. The summed E-state index contributed by atoms with van der Waals surface area (Å²) in [7, 11) is 0. The van der Waals surface area contributed by atoms with Crippen molar-refractivity contribution in [3.63, 3.8) is 0 Å². The summed E-state index contributed by atoms with van der Waals surface area (Å²) in [5.41, 5.74) is 0.643. The molecule has 0 aliphatic rings. The molecule has 4 heteroatoms. The summed E-state index contributed by atoms with van der Waals surface area (Å²) in [6.07, 6.45) is 0.750. The molecule has 1 aromatic rings. The number of nitrogens with one attached hydrogen (secondary N) is 1. The van der Waals surface area contributed by atoms with Crippen molar-refractivity contribution in [1.29, 1.82) is 0 Å². The van der Waals surface area contributed by atoms with Crippen molar-refractivity contribution in [3.05, 3.63) is 29.3 Å². The maximum atomic E-state index is 12.1. The number of carbonyl (C=O) groups is 1. The Balaban J connectivity index is 2.94. The molecule has 0 aromatic heterocycles. The lowest BCUT2D eigenvalue weighted by molar-refractivity contribution is 0.0911. The molecule has 0 saturated heterocycles. The number of halogens is 1. The average Bonchev–Trinajstić information content (AvgIpc) is 2.32. The lowest BCUT2D eigenvalue weighted by Gasteiger charge is -2.27. The largest absolute Gasteiger partial charge is 0.508 e.